The molecule has 1 aromatic rings. The first-order chi connectivity index (χ1) is 12.8. The van der Waals surface area contributed by atoms with Gasteiger partial charge in [-0.1, -0.05) is 12.8 Å². The van der Waals surface area contributed by atoms with Gasteiger partial charge in [0.1, 0.15) is 0 Å². The molecule has 0 spiro atoms. The van der Waals surface area contributed by atoms with Gasteiger partial charge in [-0.25, -0.2) is 0 Å². The number of rotatable bonds is 8. The van der Waals surface area contributed by atoms with E-state index in [4.69, 9.17) is 4.74 Å². The summed E-state index contributed by atoms with van der Waals surface area (Å²) in [7, 11) is 3.07. The van der Waals surface area contributed by atoms with Crippen molar-refractivity contribution in [3.8, 4) is 0 Å². The van der Waals surface area contributed by atoms with Gasteiger partial charge < -0.3 is 15.4 Å². The Balaban J connectivity index is 1.84. The summed E-state index contributed by atoms with van der Waals surface area (Å²) in [5.41, 5.74) is -0.781. The van der Waals surface area contributed by atoms with Crippen molar-refractivity contribution in [2.45, 2.75) is 57.9 Å². The molecule has 2 rings (SSSR count). The maximum Gasteiger partial charge on any atom is 0.435 e. The van der Waals surface area contributed by atoms with Crippen molar-refractivity contribution in [2.75, 3.05) is 20.2 Å². The molecule has 6 nitrogen and oxygen atoms in total. The van der Waals surface area contributed by atoms with Gasteiger partial charge in [-0.3, -0.25) is 9.67 Å². The van der Waals surface area contributed by atoms with Crippen LogP contribution in [0.3, 0.4) is 0 Å². The van der Waals surface area contributed by atoms with E-state index in [0.717, 1.165) is 6.42 Å². The zero-order valence-electron chi connectivity index (χ0n) is 16.3. The maximum atomic E-state index is 13.0. The fourth-order valence-corrected chi connectivity index (χ4v) is 3.64. The number of alkyl halides is 3. The van der Waals surface area contributed by atoms with Crippen LogP contribution in [0.5, 0.6) is 0 Å². The third-order valence-electron chi connectivity index (χ3n) is 4.87. The first-order valence-electron chi connectivity index (χ1n) is 9.51. The van der Waals surface area contributed by atoms with E-state index in [0.29, 0.717) is 25.0 Å². The number of hydrogen-bond acceptors (Lipinski definition) is 3. The molecule has 1 atom stereocenters. The fourth-order valence-electron chi connectivity index (χ4n) is 3.64. The van der Waals surface area contributed by atoms with E-state index in [2.05, 4.69) is 20.7 Å². The second kappa shape index (κ2) is 9.96. The summed E-state index contributed by atoms with van der Waals surface area (Å²) in [5, 5.41) is 9.61. The van der Waals surface area contributed by atoms with Crippen molar-refractivity contribution in [1.82, 2.24) is 20.4 Å². The van der Waals surface area contributed by atoms with E-state index in [1.807, 2.05) is 6.92 Å². The Morgan fingerprint density at radius 2 is 2.07 bits per heavy atom. The van der Waals surface area contributed by atoms with Crippen LogP contribution >= 0.6 is 0 Å². The Morgan fingerprint density at radius 1 is 1.37 bits per heavy atom. The predicted octanol–water partition coefficient (Wildman–Crippen LogP) is 3.09. The van der Waals surface area contributed by atoms with Crippen LogP contribution in [0.25, 0.3) is 0 Å². The monoisotopic (exact) mass is 389 g/mol. The summed E-state index contributed by atoms with van der Waals surface area (Å²) in [5.74, 6) is 1.07. The first kappa shape index (κ1) is 21.5. The highest BCUT2D eigenvalue weighted by molar-refractivity contribution is 5.79. The third-order valence-corrected chi connectivity index (χ3v) is 4.87. The van der Waals surface area contributed by atoms with Crippen LogP contribution < -0.4 is 10.6 Å². The average molecular weight is 389 g/mol. The molecule has 0 saturated heterocycles. The van der Waals surface area contributed by atoms with Crippen molar-refractivity contribution < 1.29 is 17.9 Å². The summed E-state index contributed by atoms with van der Waals surface area (Å²) >= 11 is 0. The summed E-state index contributed by atoms with van der Waals surface area (Å²) < 4.78 is 46.1. The number of nitrogens with one attached hydrogen (secondary N) is 2. The molecule has 1 aromatic heterocycles. The van der Waals surface area contributed by atoms with E-state index in [-0.39, 0.29) is 18.2 Å². The largest absolute Gasteiger partial charge is 0.435 e. The zero-order valence-corrected chi connectivity index (χ0v) is 16.3. The molecule has 1 unspecified atom stereocenters. The Hall–Kier alpha value is -1.77. The number of nitrogens with zero attached hydrogens (tertiary/aromatic N) is 3. The van der Waals surface area contributed by atoms with Crippen LogP contribution in [0.15, 0.2) is 11.2 Å². The minimum atomic E-state index is -4.47. The van der Waals surface area contributed by atoms with Crippen molar-refractivity contribution in [3.63, 3.8) is 0 Å². The number of aromatic nitrogens is 2. The normalized spacial score (nSPS) is 17.3. The lowest BCUT2D eigenvalue weighted by molar-refractivity contribution is -0.142. The second-order valence-electron chi connectivity index (χ2n) is 6.85. The van der Waals surface area contributed by atoms with Crippen LogP contribution in [0.1, 0.15) is 50.3 Å². The van der Waals surface area contributed by atoms with Crippen molar-refractivity contribution in [3.05, 3.63) is 17.5 Å². The topological polar surface area (TPSA) is 63.5 Å². The van der Waals surface area contributed by atoms with Gasteiger partial charge in [-0.2, -0.15) is 18.3 Å². The SMILES string of the molecule is CCOC(CCNC(=NC)NCc1cn(C)nc1C(F)(F)F)C1CCCC1. The first-order valence-corrected chi connectivity index (χ1v) is 9.51. The molecule has 1 fully saturated rings. The Kier molecular flexibility index (Phi) is 7.94. The van der Waals surface area contributed by atoms with Gasteiger partial charge in [0, 0.05) is 45.6 Å². The summed E-state index contributed by atoms with van der Waals surface area (Å²) in [4.78, 5) is 4.09. The van der Waals surface area contributed by atoms with E-state index >= 15 is 0 Å². The van der Waals surface area contributed by atoms with Gasteiger partial charge in [-0.15, -0.1) is 0 Å². The van der Waals surface area contributed by atoms with Gasteiger partial charge in [0.15, 0.2) is 11.7 Å². The molecule has 27 heavy (non-hydrogen) atoms. The minimum absolute atomic E-state index is 0.000129. The Labute approximate surface area is 158 Å². The van der Waals surface area contributed by atoms with Crippen LogP contribution in [0, 0.1) is 5.92 Å². The van der Waals surface area contributed by atoms with E-state index in [1.165, 1.54) is 43.6 Å². The molecule has 1 heterocycles. The van der Waals surface area contributed by atoms with Crippen molar-refractivity contribution in [2.24, 2.45) is 18.0 Å². The quantitative estimate of drug-likeness (QED) is 0.530. The molecular weight excluding hydrogens is 359 g/mol. The van der Waals surface area contributed by atoms with Crippen LogP contribution in [-0.2, 0) is 24.5 Å². The number of ether oxygens (including phenoxy) is 1. The molecule has 0 radical (unpaired) electrons. The maximum absolute atomic E-state index is 13.0. The molecule has 1 aliphatic rings. The molecule has 2 N–H and O–H groups in total. The average Bonchev–Trinajstić information content (AvgIpc) is 3.26. The van der Waals surface area contributed by atoms with E-state index < -0.39 is 11.9 Å². The molecule has 1 saturated carbocycles. The van der Waals surface area contributed by atoms with Gasteiger partial charge in [0.2, 0.25) is 0 Å². The fraction of sp³-hybridized carbons (Fsp3) is 0.778. The minimum Gasteiger partial charge on any atom is -0.378 e. The molecule has 9 heteroatoms. The lowest BCUT2D eigenvalue weighted by atomic mass is 9.98. The second-order valence-corrected chi connectivity index (χ2v) is 6.85. The van der Waals surface area contributed by atoms with Gasteiger partial charge >= 0.3 is 6.18 Å². The van der Waals surface area contributed by atoms with Crippen molar-refractivity contribution in [1.29, 1.82) is 0 Å². The van der Waals surface area contributed by atoms with Gasteiger partial charge in [-0.05, 0) is 32.1 Å². The molecule has 0 aromatic carbocycles. The highest BCUT2D eigenvalue weighted by Gasteiger charge is 2.36. The molecule has 154 valence electrons. The summed E-state index contributed by atoms with van der Waals surface area (Å²) in [6.45, 7) is 3.34. The zero-order chi connectivity index (χ0) is 19.9. The lowest BCUT2D eigenvalue weighted by Crippen LogP contribution is -2.39. The third kappa shape index (κ3) is 6.41. The van der Waals surface area contributed by atoms with Crippen LogP contribution in [-0.4, -0.2) is 42.0 Å². The lowest BCUT2D eigenvalue weighted by Gasteiger charge is -2.24. The Morgan fingerprint density at radius 3 is 2.67 bits per heavy atom. The van der Waals surface area contributed by atoms with Crippen molar-refractivity contribution >= 4 is 5.96 Å². The van der Waals surface area contributed by atoms with Gasteiger partial charge in [0.25, 0.3) is 0 Å². The molecular formula is C18H30F3N5O. The standard InChI is InChI=1S/C18H30F3N5O/c1-4-27-15(13-7-5-6-8-13)9-10-23-17(22-2)24-11-14-12-26(3)25-16(14)18(19,20)21/h12-13,15H,4-11H2,1-3H3,(H2,22,23,24). The molecule has 1 aliphatic carbocycles. The van der Waals surface area contributed by atoms with Gasteiger partial charge in [0.05, 0.1) is 6.10 Å². The summed E-state index contributed by atoms with van der Waals surface area (Å²) in [6, 6.07) is 0. The summed E-state index contributed by atoms with van der Waals surface area (Å²) in [6.07, 6.45) is 2.90. The van der Waals surface area contributed by atoms with E-state index in [1.54, 1.807) is 7.05 Å². The number of hydrogen-bond donors (Lipinski definition) is 2. The Bertz CT molecular complexity index is 609. The molecule has 0 bridgehead atoms. The number of halogens is 3. The van der Waals surface area contributed by atoms with E-state index in [9.17, 15) is 13.2 Å². The molecule has 0 amide bonds. The highest BCUT2D eigenvalue weighted by atomic mass is 19.4. The molecule has 0 aliphatic heterocycles. The predicted molar refractivity (Wildman–Crippen MR) is 98.4 cm³/mol. The van der Waals surface area contributed by atoms with Crippen LogP contribution in [0.4, 0.5) is 13.2 Å². The highest BCUT2D eigenvalue weighted by Crippen LogP contribution is 2.31. The smallest absolute Gasteiger partial charge is 0.378 e. The van der Waals surface area contributed by atoms with Crippen LogP contribution in [0.2, 0.25) is 0 Å². The number of guanidine groups is 1. The number of aliphatic imine (C=N–C) groups is 1. The number of aryl methyl sites for hydroxylation is 1.